The van der Waals surface area contributed by atoms with E-state index in [0.717, 1.165) is 51.9 Å². The molecule has 2 aliphatic heterocycles. The zero-order valence-corrected chi connectivity index (χ0v) is 39.0. The molecule has 0 aromatic heterocycles. The molecule has 2 fully saturated rings. The van der Waals surface area contributed by atoms with Gasteiger partial charge >= 0.3 is 0 Å². The molecule has 10 nitrogen and oxygen atoms in total. The van der Waals surface area contributed by atoms with Crippen LogP contribution in [0.15, 0.2) is 133 Å². The van der Waals surface area contributed by atoms with Gasteiger partial charge in [0.15, 0.2) is 0 Å². The Morgan fingerprint density at radius 2 is 1.31 bits per heavy atom. The van der Waals surface area contributed by atoms with Gasteiger partial charge in [-0.05, 0) is 106 Å². The number of likely N-dealkylation sites (N-methyl/N-ethyl adjacent to an activating group) is 1. The summed E-state index contributed by atoms with van der Waals surface area (Å²) in [4.78, 5) is 27.5. The molecule has 2 amide bonds. The maximum atomic E-state index is 12.8. The van der Waals surface area contributed by atoms with Crippen LogP contribution in [0.2, 0.25) is 0 Å². The number of hydrogen-bond acceptors (Lipinski definition) is 8. The molecule has 2 aliphatic rings. The van der Waals surface area contributed by atoms with Crippen molar-refractivity contribution in [1.29, 1.82) is 0 Å². The fraction of sp³-hybridized carbons (Fsp3) is 0.418. The van der Waals surface area contributed by atoms with Crippen LogP contribution in [0.4, 0.5) is 0 Å². The Labute approximate surface area is 386 Å². The highest BCUT2D eigenvalue weighted by Crippen LogP contribution is 2.54. The maximum Gasteiger partial charge on any atom is 0.245 e. The Morgan fingerprint density at radius 1 is 0.738 bits per heavy atom. The average Bonchev–Trinajstić information content (AvgIpc) is 3.67. The first-order valence-corrected chi connectivity index (χ1v) is 23.1. The molecule has 2 saturated heterocycles. The highest BCUT2D eigenvalue weighted by Gasteiger charge is 2.68. The number of carbonyl (C=O) groups excluding carboxylic acids is 2. The summed E-state index contributed by atoms with van der Waals surface area (Å²) in [6.45, 7) is 10.4. The predicted octanol–water partition coefficient (Wildman–Crippen LogP) is 8.60. The molecule has 10 heteroatoms. The normalized spacial score (nSPS) is 21.6. The number of hydrogen-bond donors (Lipinski definition) is 2. The van der Waals surface area contributed by atoms with E-state index in [0.29, 0.717) is 58.7 Å². The number of ether oxygens (including phenoxy) is 5. The summed E-state index contributed by atoms with van der Waals surface area (Å²) in [5.41, 5.74) is 6.88. The van der Waals surface area contributed by atoms with Crippen LogP contribution in [0, 0.1) is 6.92 Å². The van der Waals surface area contributed by atoms with Crippen molar-refractivity contribution in [1.82, 2.24) is 15.5 Å². The Morgan fingerprint density at radius 3 is 1.89 bits per heavy atom. The molecule has 7 rings (SSSR count). The molecule has 0 unspecified atom stereocenters. The van der Waals surface area contributed by atoms with E-state index < -0.39 is 35.2 Å². The quantitative estimate of drug-likeness (QED) is 0.0713. The number of carbonyl (C=O) groups is 2. The Bertz CT molecular complexity index is 2290. The van der Waals surface area contributed by atoms with E-state index in [4.69, 9.17) is 23.7 Å². The second kappa shape index (κ2) is 21.9. The largest absolute Gasteiger partial charge is 0.368 e. The van der Waals surface area contributed by atoms with Gasteiger partial charge in [0.25, 0.3) is 0 Å². The number of benzene rings is 5. The lowest BCUT2D eigenvalue weighted by molar-refractivity contribution is -0.350. The van der Waals surface area contributed by atoms with Crippen LogP contribution in [0.1, 0.15) is 84.5 Å². The first-order valence-electron chi connectivity index (χ1n) is 23.1. The van der Waals surface area contributed by atoms with E-state index in [1.807, 2.05) is 73.6 Å². The summed E-state index contributed by atoms with van der Waals surface area (Å²) in [5.74, 6) is -1.60. The second-order valence-electron chi connectivity index (χ2n) is 18.4. The van der Waals surface area contributed by atoms with E-state index in [1.165, 1.54) is 5.56 Å². The van der Waals surface area contributed by atoms with Crippen LogP contribution in [-0.4, -0.2) is 80.0 Å². The highest BCUT2D eigenvalue weighted by molar-refractivity contribution is 5.90. The van der Waals surface area contributed by atoms with Crippen LogP contribution in [0.25, 0.3) is 0 Å². The van der Waals surface area contributed by atoms with Gasteiger partial charge in [-0.2, -0.15) is 0 Å². The second-order valence-corrected chi connectivity index (χ2v) is 18.4. The number of rotatable bonds is 22. The van der Waals surface area contributed by atoms with Crippen molar-refractivity contribution in [2.75, 3.05) is 33.8 Å². The monoisotopic (exact) mass is 881 g/mol. The van der Waals surface area contributed by atoms with E-state index >= 15 is 0 Å². The van der Waals surface area contributed by atoms with Gasteiger partial charge in [0, 0.05) is 25.1 Å². The van der Waals surface area contributed by atoms with Crippen LogP contribution in [0.5, 0.6) is 0 Å². The Balaban J connectivity index is 1.10. The van der Waals surface area contributed by atoms with E-state index in [-0.39, 0.29) is 11.8 Å². The van der Waals surface area contributed by atoms with Crippen molar-refractivity contribution >= 4 is 11.8 Å². The van der Waals surface area contributed by atoms with Gasteiger partial charge in [0.1, 0.15) is 29.5 Å². The topological polar surface area (TPSA) is 108 Å². The molecule has 0 radical (unpaired) electrons. The maximum absolute atomic E-state index is 12.8. The fourth-order valence-corrected chi connectivity index (χ4v) is 8.80. The van der Waals surface area contributed by atoms with E-state index in [1.54, 1.807) is 13.8 Å². The summed E-state index contributed by atoms with van der Waals surface area (Å²) < 4.78 is 35.4. The summed E-state index contributed by atoms with van der Waals surface area (Å²) in [6, 6.07) is 45.7. The average molecular weight is 882 g/mol. The molecule has 2 N–H and O–H groups in total. The van der Waals surface area contributed by atoms with Gasteiger partial charge in [0.2, 0.25) is 17.6 Å². The molecule has 2 heterocycles. The van der Waals surface area contributed by atoms with Gasteiger partial charge in [-0.25, -0.2) is 0 Å². The smallest absolute Gasteiger partial charge is 0.245 e. The van der Waals surface area contributed by atoms with Crippen molar-refractivity contribution in [3.8, 4) is 0 Å². The zero-order chi connectivity index (χ0) is 45.9. The van der Waals surface area contributed by atoms with Crippen molar-refractivity contribution in [2.24, 2.45) is 0 Å². The third kappa shape index (κ3) is 12.0. The molecule has 2 bridgehead atoms. The molecular weight excluding hydrogens is 815 g/mol. The summed E-state index contributed by atoms with van der Waals surface area (Å²) in [7, 11) is 3.91. The minimum Gasteiger partial charge on any atom is -0.368 e. The number of nitrogens with one attached hydrogen (secondary N) is 2. The molecule has 65 heavy (non-hydrogen) atoms. The molecule has 0 aliphatic carbocycles. The van der Waals surface area contributed by atoms with E-state index in [9.17, 15) is 9.59 Å². The van der Waals surface area contributed by atoms with Crippen LogP contribution >= 0.6 is 0 Å². The zero-order valence-electron chi connectivity index (χ0n) is 39.0. The van der Waals surface area contributed by atoms with Gasteiger partial charge < -0.3 is 39.2 Å². The van der Waals surface area contributed by atoms with Crippen LogP contribution in [-0.2, 0) is 71.7 Å². The standard InChI is InChI=1S/C55H67N3O7/c1-7-54-39-64-55(65-54,51(63-38-45-22-15-10-16-23-45)49(61-36-43-18-11-8-12-19-43)50(54)62-37-44-20-13-9-14-21-44)47-31-26-40(2)46(35-47)34-42-29-27-41(28-30-42)24-17-25-48(59)57-53(3,4)52(60)56-32-33-58(5)6/h8-16,18-23,26-31,35,49-51H,7,17,24-25,32-34,36-39H2,1-6H3,(H,56,60)(H,57,59)/t49-,50-,51+,54-,55-/m0/s1. The molecule has 5 atom stereocenters. The van der Waals surface area contributed by atoms with Gasteiger partial charge in [-0.1, -0.05) is 134 Å². The third-order valence-corrected chi connectivity index (χ3v) is 12.7. The van der Waals surface area contributed by atoms with E-state index in [2.05, 4.69) is 103 Å². The minimum atomic E-state index is -1.28. The summed E-state index contributed by atoms with van der Waals surface area (Å²) >= 11 is 0. The Kier molecular flexibility index (Phi) is 16.1. The fourth-order valence-electron chi connectivity index (χ4n) is 8.80. The highest BCUT2D eigenvalue weighted by atomic mass is 16.8. The molecule has 0 spiro atoms. The third-order valence-electron chi connectivity index (χ3n) is 12.7. The lowest BCUT2D eigenvalue weighted by atomic mass is 9.81. The van der Waals surface area contributed by atoms with Crippen molar-refractivity contribution < 1.29 is 33.3 Å². The molecule has 344 valence electrons. The van der Waals surface area contributed by atoms with Crippen LogP contribution in [0.3, 0.4) is 0 Å². The summed E-state index contributed by atoms with van der Waals surface area (Å²) in [5, 5.41) is 5.82. The number of fused-ring (bicyclic) bond motifs is 2. The van der Waals surface area contributed by atoms with Gasteiger partial charge in [0.05, 0.1) is 26.4 Å². The molecular formula is C55H67N3O7. The molecule has 5 aromatic rings. The number of amides is 2. The van der Waals surface area contributed by atoms with Crippen molar-refractivity contribution in [3.63, 3.8) is 0 Å². The van der Waals surface area contributed by atoms with Crippen molar-refractivity contribution in [3.05, 3.63) is 178 Å². The predicted molar refractivity (Wildman–Crippen MR) is 254 cm³/mol. The number of nitrogens with zero attached hydrogens (tertiary/aromatic N) is 1. The number of aryl methyl sites for hydroxylation is 2. The minimum absolute atomic E-state index is 0.134. The first kappa shape index (κ1) is 47.8. The molecule has 0 saturated carbocycles. The lowest BCUT2D eigenvalue weighted by Crippen LogP contribution is -2.66. The van der Waals surface area contributed by atoms with Gasteiger partial charge in [-0.15, -0.1) is 0 Å². The molecule has 5 aromatic carbocycles. The SMILES string of the molecule is CC[C@@]12CO[C@@](c3ccc(C)c(Cc4ccc(CCCC(=O)NC(C)(C)C(=O)NCCN(C)C)cc4)c3)(O1)[C@H](OCc1ccccc1)[C@@H](OCc1ccccc1)[C@@H]2OCc1ccccc1. The summed E-state index contributed by atoms with van der Waals surface area (Å²) in [6.07, 6.45) is 1.37. The Hall–Kier alpha value is -5.20. The van der Waals surface area contributed by atoms with Gasteiger partial charge in [-0.3, -0.25) is 9.59 Å². The first-order chi connectivity index (χ1) is 31.4. The lowest BCUT2D eigenvalue weighted by Gasteiger charge is -2.51. The van der Waals surface area contributed by atoms with Crippen LogP contribution < -0.4 is 10.6 Å². The van der Waals surface area contributed by atoms with Crippen molar-refractivity contribution in [2.45, 2.75) is 115 Å².